The first-order valence-electron chi connectivity index (χ1n) is 5.10. The fourth-order valence-electron chi connectivity index (χ4n) is 1.63. The van der Waals surface area contributed by atoms with Crippen molar-refractivity contribution < 1.29 is 19.4 Å². The molecule has 1 aromatic rings. The van der Waals surface area contributed by atoms with Gasteiger partial charge in [0.2, 0.25) is 5.91 Å². The summed E-state index contributed by atoms with van der Waals surface area (Å²) in [5, 5.41) is 11.9. The Morgan fingerprint density at radius 2 is 1.94 bits per heavy atom. The van der Waals surface area contributed by atoms with E-state index in [1.54, 1.807) is 30.3 Å². The molecular formula is C12H15NO4. The van der Waals surface area contributed by atoms with E-state index >= 15 is 0 Å². The van der Waals surface area contributed by atoms with Crippen LogP contribution in [0.15, 0.2) is 30.3 Å². The molecule has 1 atom stereocenters. The zero-order valence-electron chi connectivity index (χ0n) is 9.77. The van der Waals surface area contributed by atoms with Gasteiger partial charge in [-0.3, -0.25) is 4.79 Å². The Labute approximate surface area is 99.4 Å². The van der Waals surface area contributed by atoms with Gasteiger partial charge in [0.25, 0.3) is 0 Å². The quantitative estimate of drug-likeness (QED) is 0.733. The normalized spacial score (nSPS) is 13.6. The van der Waals surface area contributed by atoms with Gasteiger partial charge in [-0.2, -0.15) is 0 Å². The van der Waals surface area contributed by atoms with Crippen molar-refractivity contribution in [1.29, 1.82) is 0 Å². The van der Waals surface area contributed by atoms with Crippen LogP contribution in [0.5, 0.6) is 0 Å². The van der Waals surface area contributed by atoms with Gasteiger partial charge in [-0.1, -0.05) is 30.3 Å². The number of rotatable bonds is 4. The van der Waals surface area contributed by atoms with Crippen molar-refractivity contribution in [2.24, 2.45) is 0 Å². The molecular weight excluding hydrogens is 222 g/mol. The molecule has 0 heterocycles. The number of nitrogens with one attached hydrogen (secondary N) is 1. The second-order valence-electron chi connectivity index (χ2n) is 3.60. The molecule has 0 aromatic heterocycles. The van der Waals surface area contributed by atoms with Crippen LogP contribution in [0.2, 0.25) is 0 Å². The molecule has 2 N–H and O–H groups in total. The molecule has 0 aliphatic heterocycles. The molecule has 0 aliphatic rings. The number of ether oxygens (including phenoxy) is 1. The van der Waals surface area contributed by atoms with Gasteiger partial charge >= 0.3 is 5.97 Å². The van der Waals surface area contributed by atoms with Crippen LogP contribution in [0.4, 0.5) is 0 Å². The minimum Gasteiger partial charge on any atom is -0.467 e. The van der Waals surface area contributed by atoms with Crippen LogP contribution in [-0.4, -0.2) is 30.7 Å². The molecule has 5 heteroatoms. The fourth-order valence-corrected chi connectivity index (χ4v) is 1.63. The van der Waals surface area contributed by atoms with Crippen LogP contribution in [-0.2, 0) is 19.9 Å². The molecule has 17 heavy (non-hydrogen) atoms. The van der Waals surface area contributed by atoms with Crippen LogP contribution in [0.3, 0.4) is 0 Å². The Bertz CT molecular complexity index is 404. The van der Waals surface area contributed by atoms with E-state index in [1.165, 1.54) is 14.0 Å². The third-order valence-electron chi connectivity index (χ3n) is 2.43. The highest BCUT2D eigenvalue weighted by Gasteiger charge is 2.41. The molecule has 0 spiro atoms. The Hall–Kier alpha value is -1.88. The van der Waals surface area contributed by atoms with E-state index in [2.05, 4.69) is 10.1 Å². The average molecular weight is 237 g/mol. The van der Waals surface area contributed by atoms with Crippen LogP contribution in [0.1, 0.15) is 12.5 Å². The topological polar surface area (TPSA) is 75.6 Å². The van der Waals surface area contributed by atoms with E-state index in [0.29, 0.717) is 5.56 Å². The van der Waals surface area contributed by atoms with Gasteiger partial charge in [0.1, 0.15) is 0 Å². The molecule has 1 amide bonds. The Kier molecular flexibility index (Phi) is 4.23. The first-order chi connectivity index (χ1) is 8.06. The number of methoxy groups -OCH3 is 1. The molecule has 1 aromatic carbocycles. The van der Waals surface area contributed by atoms with Crippen molar-refractivity contribution in [2.45, 2.75) is 12.5 Å². The maximum atomic E-state index is 11.8. The molecule has 0 saturated heterocycles. The summed E-state index contributed by atoms with van der Waals surface area (Å²) in [6, 6.07) is 8.48. The predicted octanol–water partition coefficient (Wildman–Crippen LogP) is 0.183. The van der Waals surface area contributed by atoms with Gasteiger partial charge < -0.3 is 15.2 Å². The second-order valence-corrected chi connectivity index (χ2v) is 3.60. The highest BCUT2D eigenvalue weighted by Crippen LogP contribution is 2.22. The van der Waals surface area contributed by atoms with Gasteiger partial charge in [-0.05, 0) is 5.56 Å². The van der Waals surface area contributed by atoms with Gasteiger partial charge in [-0.25, -0.2) is 4.79 Å². The average Bonchev–Trinajstić information content (AvgIpc) is 2.35. The van der Waals surface area contributed by atoms with Gasteiger partial charge in [0.15, 0.2) is 5.54 Å². The first kappa shape index (κ1) is 13.2. The van der Waals surface area contributed by atoms with Crippen LogP contribution in [0.25, 0.3) is 0 Å². The largest absolute Gasteiger partial charge is 0.467 e. The van der Waals surface area contributed by atoms with Crippen LogP contribution >= 0.6 is 0 Å². The standard InChI is InChI=1S/C12H15NO4/c1-9(15)13-12(8-14,11(16)17-2)10-6-4-3-5-7-10/h3-7,14H,8H2,1-2H3,(H,13,15). The molecule has 0 bridgehead atoms. The summed E-state index contributed by atoms with van der Waals surface area (Å²) in [7, 11) is 1.21. The van der Waals surface area contributed by atoms with Crippen molar-refractivity contribution in [1.82, 2.24) is 5.32 Å². The first-order valence-corrected chi connectivity index (χ1v) is 5.10. The Balaban J connectivity index is 3.25. The van der Waals surface area contributed by atoms with Crippen molar-refractivity contribution in [3.8, 4) is 0 Å². The van der Waals surface area contributed by atoms with Gasteiger partial charge in [-0.15, -0.1) is 0 Å². The van der Waals surface area contributed by atoms with Gasteiger partial charge in [0, 0.05) is 6.92 Å². The summed E-state index contributed by atoms with van der Waals surface area (Å²) in [6.07, 6.45) is 0. The SMILES string of the molecule is COC(=O)C(CO)(NC(C)=O)c1ccccc1. The van der Waals surface area contributed by atoms with Crippen molar-refractivity contribution in [2.75, 3.05) is 13.7 Å². The zero-order valence-corrected chi connectivity index (χ0v) is 9.77. The smallest absolute Gasteiger partial charge is 0.338 e. The fraction of sp³-hybridized carbons (Fsp3) is 0.333. The van der Waals surface area contributed by atoms with Crippen LogP contribution < -0.4 is 5.32 Å². The van der Waals surface area contributed by atoms with Gasteiger partial charge in [0.05, 0.1) is 13.7 Å². The number of aliphatic hydroxyl groups excluding tert-OH is 1. The molecule has 0 fully saturated rings. The summed E-state index contributed by atoms with van der Waals surface area (Å²) in [5.41, 5.74) is -1.06. The summed E-state index contributed by atoms with van der Waals surface area (Å²) < 4.78 is 4.65. The lowest BCUT2D eigenvalue weighted by molar-refractivity contribution is -0.153. The number of benzene rings is 1. The zero-order chi connectivity index (χ0) is 12.9. The molecule has 1 unspecified atom stereocenters. The second kappa shape index (κ2) is 5.45. The summed E-state index contributed by atoms with van der Waals surface area (Å²) in [5.74, 6) is -1.13. The summed E-state index contributed by atoms with van der Waals surface area (Å²) in [4.78, 5) is 23.0. The number of esters is 1. The maximum absolute atomic E-state index is 11.8. The Morgan fingerprint density at radius 1 is 1.35 bits per heavy atom. The maximum Gasteiger partial charge on any atom is 0.338 e. The lowest BCUT2D eigenvalue weighted by atomic mass is 9.90. The summed E-state index contributed by atoms with van der Waals surface area (Å²) in [6.45, 7) is 0.708. The van der Waals surface area contributed by atoms with E-state index < -0.39 is 24.0 Å². The minimum atomic E-state index is -1.54. The third-order valence-corrected chi connectivity index (χ3v) is 2.43. The van der Waals surface area contributed by atoms with E-state index in [-0.39, 0.29) is 0 Å². The van der Waals surface area contributed by atoms with Crippen molar-refractivity contribution in [3.05, 3.63) is 35.9 Å². The van der Waals surface area contributed by atoms with E-state index in [0.717, 1.165) is 0 Å². The molecule has 92 valence electrons. The number of hydrogen-bond acceptors (Lipinski definition) is 4. The van der Waals surface area contributed by atoms with Crippen molar-refractivity contribution in [3.63, 3.8) is 0 Å². The van der Waals surface area contributed by atoms with E-state index in [1.807, 2.05) is 0 Å². The Morgan fingerprint density at radius 3 is 2.35 bits per heavy atom. The number of hydrogen-bond donors (Lipinski definition) is 2. The van der Waals surface area contributed by atoms with Crippen molar-refractivity contribution >= 4 is 11.9 Å². The number of carbonyl (C=O) groups excluding carboxylic acids is 2. The molecule has 0 aliphatic carbocycles. The summed E-state index contributed by atoms with van der Waals surface area (Å²) >= 11 is 0. The highest BCUT2D eigenvalue weighted by atomic mass is 16.5. The highest BCUT2D eigenvalue weighted by molar-refractivity contribution is 5.88. The minimum absolute atomic E-state index is 0.423. The lowest BCUT2D eigenvalue weighted by Gasteiger charge is -2.29. The molecule has 0 radical (unpaired) electrons. The molecule has 1 rings (SSSR count). The number of amides is 1. The third kappa shape index (κ3) is 2.62. The van der Waals surface area contributed by atoms with Crippen LogP contribution in [0, 0.1) is 0 Å². The van der Waals surface area contributed by atoms with E-state index in [9.17, 15) is 14.7 Å². The lowest BCUT2D eigenvalue weighted by Crippen LogP contribution is -2.54. The molecule has 0 saturated carbocycles. The predicted molar refractivity (Wildman–Crippen MR) is 61.0 cm³/mol. The monoisotopic (exact) mass is 237 g/mol. The molecule has 5 nitrogen and oxygen atoms in total. The van der Waals surface area contributed by atoms with E-state index in [4.69, 9.17) is 0 Å². The number of aliphatic hydroxyl groups is 1. The number of carbonyl (C=O) groups is 2.